The maximum Gasteiger partial charge on any atom is 0.240 e. The summed E-state index contributed by atoms with van der Waals surface area (Å²) in [6.45, 7) is 4.11. The summed E-state index contributed by atoms with van der Waals surface area (Å²) < 4.78 is 31.3. The first-order valence-electron chi connectivity index (χ1n) is 5.61. The lowest BCUT2D eigenvalue weighted by Gasteiger charge is -2.11. The van der Waals surface area contributed by atoms with Crippen molar-refractivity contribution in [2.75, 3.05) is 13.7 Å². The van der Waals surface area contributed by atoms with Crippen molar-refractivity contribution in [3.8, 4) is 0 Å². The van der Waals surface area contributed by atoms with Gasteiger partial charge in [-0.2, -0.15) is 0 Å². The van der Waals surface area contributed by atoms with Crippen LogP contribution in [-0.2, 0) is 21.2 Å². The third-order valence-corrected chi connectivity index (χ3v) is 4.04. The molecule has 0 spiro atoms. The second-order valence-corrected chi connectivity index (χ2v) is 5.66. The van der Waals surface area contributed by atoms with Crippen LogP contribution in [0.5, 0.6) is 0 Å². The second kappa shape index (κ2) is 6.14. The first-order valence-corrected chi connectivity index (χ1v) is 7.09. The van der Waals surface area contributed by atoms with Gasteiger partial charge < -0.3 is 4.74 Å². The van der Waals surface area contributed by atoms with Crippen LogP contribution in [0.15, 0.2) is 29.2 Å². The van der Waals surface area contributed by atoms with Crippen LogP contribution in [-0.4, -0.2) is 28.2 Å². The van der Waals surface area contributed by atoms with Gasteiger partial charge in [0.2, 0.25) is 10.0 Å². The van der Waals surface area contributed by atoms with Crippen LogP contribution in [0, 0.1) is 0 Å². The van der Waals surface area contributed by atoms with Crippen LogP contribution >= 0.6 is 0 Å². The monoisotopic (exact) mass is 257 g/mol. The van der Waals surface area contributed by atoms with Gasteiger partial charge in [-0.1, -0.05) is 19.1 Å². The number of ether oxygens (including phenoxy) is 1. The minimum absolute atomic E-state index is 0.139. The summed E-state index contributed by atoms with van der Waals surface area (Å²) in [7, 11) is -1.87. The highest BCUT2D eigenvalue weighted by Gasteiger charge is 2.14. The van der Waals surface area contributed by atoms with Crippen LogP contribution in [0.2, 0.25) is 0 Å². The smallest absolute Gasteiger partial charge is 0.240 e. The van der Waals surface area contributed by atoms with E-state index in [2.05, 4.69) is 4.72 Å². The summed E-state index contributed by atoms with van der Waals surface area (Å²) >= 11 is 0. The van der Waals surface area contributed by atoms with Gasteiger partial charge in [-0.25, -0.2) is 13.1 Å². The van der Waals surface area contributed by atoms with E-state index in [1.807, 2.05) is 26.0 Å². The highest BCUT2D eigenvalue weighted by atomic mass is 32.2. The zero-order chi connectivity index (χ0) is 12.9. The van der Waals surface area contributed by atoms with Gasteiger partial charge in [0.15, 0.2) is 0 Å². The van der Waals surface area contributed by atoms with E-state index in [4.69, 9.17) is 4.74 Å². The van der Waals surface area contributed by atoms with Crippen LogP contribution < -0.4 is 4.72 Å². The lowest BCUT2D eigenvalue weighted by Crippen LogP contribution is -2.31. The lowest BCUT2D eigenvalue weighted by atomic mass is 10.2. The molecule has 0 saturated heterocycles. The van der Waals surface area contributed by atoms with Crippen molar-refractivity contribution in [1.82, 2.24) is 4.72 Å². The van der Waals surface area contributed by atoms with E-state index in [9.17, 15) is 8.42 Å². The summed E-state index contributed by atoms with van der Waals surface area (Å²) in [6.07, 6.45) is 0.758. The van der Waals surface area contributed by atoms with Gasteiger partial charge in [-0.3, -0.25) is 0 Å². The Bertz CT molecular complexity index is 439. The van der Waals surface area contributed by atoms with Gasteiger partial charge in [-0.15, -0.1) is 0 Å². The molecule has 0 aromatic heterocycles. The molecule has 0 bridgehead atoms. The Hall–Kier alpha value is -0.910. The molecule has 4 nitrogen and oxygen atoms in total. The molecule has 5 heteroatoms. The molecule has 17 heavy (non-hydrogen) atoms. The molecule has 0 heterocycles. The number of benzene rings is 1. The number of rotatable bonds is 6. The number of methoxy groups -OCH3 is 1. The molecule has 1 unspecified atom stereocenters. The molecule has 0 fully saturated rings. The molecule has 1 atom stereocenters. The maximum absolute atomic E-state index is 11.9. The Morgan fingerprint density at radius 2 is 1.88 bits per heavy atom. The molecule has 0 aliphatic rings. The topological polar surface area (TPSA) is 55.4 Å². The van der Waals surface area contributed by atoms with Crippen molar-refractivity contribution in [3.05, 3.63) is 29.8 Å². The van der Waals surface area contributed by atoms with Gasteiger partial charge in [0, 0.05) is 13.7 Å². The van der Waals surface area contributed by atoms with Crippen molar-refractivity contribution in [3.63, 3.8) is 0 Å². The van der Waals surface area contributed by atoms with E-state index in [0.29, 0.717) is 0 Å². The fraction of sp³-hybridized carbons (Fsp3) is 0.500. The molecule has 1 rings (SSSR count). The standard InChI is InChI=1S/C12H19NO3S/c1-4-11-5-7-12(8-6-11)17(14,15)13-9-10(2)16-3/h5-8,10,13H,4,9H2,1-3H3. The van der Waals surface area contributed by atoms with E-state index < -0.39 is 10.0 Å². The molecule has 1 aromatic carbocycles. The normalized spacial score (nSPS) is 13.6. The van der Waals surface area contributed by atoms with Gasteiger partial charge in [0.1, 0.15) is 0 Å². The molecule has 0 radical (unpaired) electrons. The molecular formula is C12H19NO3S. The summed E-state index contributed by atoms with van der Waals surface area (Å²) in [5.74, 6) is 0. The third kappa shape index (κ3) is 4.11. The number of aryl methyl sites for hydroxylation is 1. The summed E-state index contributed by atoms with van der Waals surface area (Å²) in [6, 6.07) is 6.90. The predicted molar refractivity (Wildman–Crippen MR) is 67.5 cm³/mol. The molecule has 0 aliphatic heterocycles. The summed E-state index contributed by atoms with van der Waals surface area (Å²) in [5.41, 5.74) is 1.12. The first-order chi connectivity index (χ1) is 7.99. The number of hydrogen-bond acceptors (Lipinski definition) is 3. The minimum atomic E-state index is -3.42. The molecular weight excluding hydrogens is 238 g/mol. The quantitative estimate of drug-likeness (QED) is 0.841. The predicted octanol–water partition coefficient (Wildman–Crippen LogP) is 1.56. The fourth-order valence-electron chi connectivity index (χ4n) is 1.30. The van der Waals surface area contributed by atoms with E-state index in [1.165, 1.54) is 0 Å². The number of nitrogens with one attached hydrogen (secondary N) is 1. The van der Waals surface area contributed by atoms with Crippen molar-refractivity contribution in [2.45, 2.75) is 31.3 Å². The molecule has 1 aromatic rings. The molecule has 0 amide bonds. The van der Waals surface area contributed by atoms with Gasteiger partial charge >= 0.3 is 0 Å². The first kappa shape index (κ1) is 14.2. The SMILES string of the molecule is CCc1ccc(S(=O)(=O)NCC(C)OC)cc1. The van der Waals surface area contributed by atoms with Gasteiger partial charge in [0.05, 0.1) is 11.0 Å². The van der Waals surface area contributed by atoms with E-state index in [-0.39, 0.29) is 17.5 Å². The van der Waals surface area contributed by atoms with Crippen molar-refractivity contribution in [2.24, 2.45) is 0 Å². The van der Waals surface area contributed by atoms with E-state index in [0.717, 1.165) is 12.0 Å². The highest BCUT2D eigenvalue weighted by Crippen LogP contribution is 2.10. The highest BCUT2D eigenvalue weighted by molar-refractivity contribution is 7.89. The minimum Gasteiger partial charge on any atom is -0.380 e. The second-order valence-electron chi connectivity index (χ2n) is 3.90. The van der Waals surface area contributed by atoms with Crippen molar-refractivity contribution in [1.29, 1.82) is 0 Å². The van der Waals surface area contributed by atoms with E-state index in [1.54, 1.807) is 19.2 Å². The van der Waals surface area contributed by atoms with Crippen LogP contribution in [0.4, 0.5) is 0 Å². The molecule has 96 valence electrons. The maximum atomic E-state index is 11.9. The van der Waals surface area contributed by atoms with Gasteiger partial charge in [0.25, 0.3) is 0 Å². The van der Waals surface area contributed by atoms with Crippen LogP contribution in [0.25, 0.3) is 0 Å². The Balaban J connectivity index is 2.75. The summed E-state index contributed by atoms with van der Waals surface area (Å²) in [5, 5.41) is 0. The van der Waals surface area contributed by atoms with Crippen molar-refractivity contribution >= 4 is 10.0 Å². The Labute approximate surface area is 103 Å². The van der Waals surface area contributed by atoms with E-state index >= 15 is 0 Å². The Morgan fingerprint density at radius 3 is 2.35 bits per heavy atom. The Morgan fingerprint density at radius 1 is 1.29 bits per heavy atom. The summed E-state index contributed by atoms with van der Waals surface area (Å²) in [4.78, 5) is 0.290. The van der Waals surface area contributed by atoms with Gasteiger partial charge in [-0.05, 0) is 31.0 Å². The molecule has 0 saturated carbocycles. The third-order valence-electron chi connectivity index (χ3n) is 2.61. The van der Waals surface area contributed by atoms with Crippen LogP contribution in [0.3, 0.4) is 0 Å². The fourth-order valence-corrected chi connectivity index (χ4v) is 2.41. The lowest BCUT2D eigenvalue weighted by molar-refractivity contribution is 0.122. The van der Waals surface area contributed by atoms with Crippen molar-refractivity contribution < 1.29 is 13.2 Å². The number of hydrogen-bond donors (Lipinski definition) is 1. The average molecular weight is 257 g/mol. The molecule has 1 N–H and O–H groups in total. The zero-order valence-corrected chi connectivity index (χ0v) is 11.3. The number of sulfonamides is 1. The zero-order valence-electron chi connectivity index (χ0n) is 10.4. The molecule has 0 aliphatic carbocycles. The average Bonchev–Trinajstić information content (AvgIpc) is 2.36. The van der Waals surface area contributed by atoms with Crippen LogP contribution in [0.1, 0.15) is 19.4 Å². The largest absolute Gasteiger partial charge is 0.380 e. The Kier molecular flexibility index (Phi) is 5.11.